The molecule has 0 bridgehead atoms. The van der Waals surface area contributed by atoms with Gasteiger partial charge >= 0.3 is 5.97 Å². The molecule has 100 valence electrons. The minimum atomic E-state index is -0.544. The van der Waals surface area contributed by atoms with Gasteiger partial charge in [-0.3, -0.25) is 9.59 Å². The molecule has 0 N–H and O–H groups in total. The maximum absolute atomic E-state index is 12.1. The van der Waals surface area contributed by atoms with Crippen LogP contribution in [0, 0.1) is 11.3 Å². The third kappa shape index (κ3) is 2.57. The Labute approximate surface area is 107 Å². The van der Waals surface area contributed by atoms with Crippen LogP contribution in [0.4, 0.5) is 0 Å². The highest BCUT2D eigenvalue weighted by atomic mass is 16.7. The number of ether oxygens (including phenoxy) is 2. The largest absolute Gasteiger partial charge is 0.459 e. The molecular weight excluding hydrogens is 232 g/mol. The Balaban J connectivity index is 2.24. The first-order chi connectivity index (χ1) is 8.28. The molecule has 0 aromatic heterocycles. The van der Waals surface area contributed by atoms with Crippen molar-refractivity contribution in [2.24, 2.45) is 11.3 Å². The van der Waals surface area contributed by atoms with Crippen molar-refractivity contribution in [1.82, 2.24) is 0 Å². The van der Waals surface area contributed by atoms with Gasteiger partial charge < -0.3 is 9.47 Å². The summed E-state index contributed by atoms with van der Waals surface area (Å²) in [7, 11) is 0. The van der Waals surface area contributed by atoms with E-state index in [9.17, 15) is 9.59 Å². The van der Waals surface area contributed by atoms with Crippen LogP contribution in [0.25, 0.3) is 0 Å². The summed E-state index contributed by atoms with van der Waals surface area (Å²) in [5, 5.41) is 0. The summed E-state index contributed by atoms with van der Waals surface area (Å²) >= 11 is 0. The molecule has 1 heterocycles. The van der Waals surface area contributed by atoms with Gasteiger partial charge in [0.1, 0.15) is 5.76 Å². The van der Waals surface area contributed by atoms with Gasteiger partial charge in [-0.25, -0.2) is 0 Å². The lowest BCUT2D eigenvalue weighted by molar-refractivity contribution is -0.175. The summed E-state index contributed by atoms with van der Waals surface area (Å²) < 4.78 is 10.8. The van der Waals surface area contributed by atoms with Crippen LogP contribution in [-0.4, -0.2) is 18.0 Å². The van der Waals surface area contributed by atoms with Crippen molar-refractivity contribution in [2.75, 3.05) is 0 Å². The number of hydrogen-bond acceptors (Lipinski definition) is 4. The fourth-order valence-corrected chi connectivity index (χ4v) is 2.80. The molecule has 0 aromatic carbocycles. The predicted octanol–water partition coefficient (Wildman–Crippen LogP) is 2.58. The number of Topliss-reactive ketones (excluding diaryl/α,β-unsaturated/α-hetero) is 1. The highest BCUT2D eigenvalue weighted by Gasteiger charge is 2.40. The molecule has 18 heavy (non-hydrogen) atoms. The standard InChI is InChI=1S/C14H20O4/c1-8-5-12(17-9(2)15)18-11-7-14(3,4)6-10(16)13(8)11/h8,12H,5-7H2,1-4H3/t8-,12-/m0/s1. The van der Waals surface area contributed by atoms with Crippen LogP contribution in [-0.2, 0) is 19.1 Å². The van der Waals surface area contributed by atoms with E-state index in [4.69, 9.17) is 9.47 Å². The Kier molecular flexibility index (Phi) is 3.21. The predicted molar refractivity (Wildman–Crippen MR) is 65.5 cm³/mol. The van der Waals surface area contributed by atoms with Crippen LogP contribution in [0.1, 0.15) is 47.0 Å². The lowest BCUT2D eigenvalue weighted by Crippen LogP contribution is -2.36. The molecule has 4 nitrogen and oxygen atoms in total. The lowest BCUT2D eigenvalue weighted by Gasteiger charge is -2.38. The van der Waals surface area contributed by atoms with Crippen molar-refractivity contribution in [1.29, 1.82) is 0 Å². The monoisotopic (exact) mass is 252 g/mol. The molecule has 0 unspecified atom stereocenters. The maximum atomic E-state index is 12.1. The van der Waals surface area contributed by atoms with Gasteiger partial charge in [0.2, 0.25) is 6.29 Å². The van der Waals surface area contributed by atoms with E-state index >= 15 is 0 Å². The fourth-order valence-electron chi connectivity index (χ4n) is 2.80. The highest BCUT2D eigenvalue weighted by Crippen LogP contribution is 2.43. The first-order valence-electron chi connectivity index (χ1n) is 6.38. The SMILES string of the molecule is CC(=O)O[C@@H]1C[C@H](C)C2=C(CC(C)(C)CC2=O)O1. The van der Waals surface area contributed by atoms with Crippen molar-refractivity contribution in [3.05, 3.63) is 11.3 Å². The quantitative estimate of drug-likeness (QED) is 0.673. The Morgan fingerprint density at radius 1 is 1.39 bits per heavy atom. The topological polar surface area (TPSA) is 52.6 Å². The zero-order chi connectivity index (χ0) is 13.5. The normalized spacial score (nSPS) is 30.6. The van der Waals surface area contributed by atoms with E-state index in [1.165, 1.54) is 6.92 Å². The van der Waals surface area contributed by atoms with Gasteiger partial charge in [-0.15, -0.1) is 0 Å². The zero-order valence-corrected chi connectivity index (χ0v) is 11.4. The van der Waals surface area contributed by atoms with Crippen molar-refractivity contribution in [3.8, 4) is 0 Å². The van der Waals surface area contributed by atoms with Crippen molar-refractivity contribution < 1.29 is 19.1 Å². The number of rotatable bonds is 1. The minimum Gasteiger partial charge on any atom is -0.459 e. The average molecular weight is 252 g/mol. The van der Waals surface area contributed by atoms with Gasteiger partial charge in [0.15, 0.2) is 5.78 Å². The molecule has 0 aromatic rings. The Hall–Kier alpha value is -1.32. The maximum Gasteiger partial charge on any atom is 0.305 e. The van der Waals surface area contributed by atoms with E-state index in [0.29, 0.717) is 12.8 Å². The molecule has 2 aliphatic rings. The van der Waals surface area contributed by atoms with Crippen LogP contribution in [0.5, 0.6) is 0 Å². The third-order valence-corrected chi connectivity index (χ3v) is 3.49. The van der Waals surface area contributed by atoms with Gasteiger partial charge in [-0.05, 0) is 11.3 Å². The molecule has 0 fully saturated rings. The van der Waals surface area contributed by atoms with Gasteiger partial charge in [-0.1, -0.05) is 20.8 Å². The van der Waals surface area contributed by atoms with Crippen LogP contribution in [0.3, 0.4) is 0 Å². The molecular formula is C14H20O4. The number of carbonyl (C=O) groups excluding carboxylic acids is 2. The Morgan fingerprint density at radius 3 is 2.67 bits per heavy atom. The summed E-state index contributed by atoms with van der Waals surface area (Å²) in [6.45, 7) is 7.47. The molecule has 1 aliphatic heterocycles. The second kappa shape index (κ2) is 4.41. The van der Waals surface area contributed by atoms with Crippen molar-refractivity contribution in [3.63, 3.8) is 0 Å². The first-order valence-corrected chi connectivity index (χ1v) is 6.38. The number of esters is 1. The molecule has 0 saturated heterocycles. The van der Waals surface area contributed by atoms with Gasteiger partial charge in [0.05, 0.1) is 0 Å². The van der Waals surface area contributed by atoms with Gasteiger partial charge in [0.25, 0.3) is 0 Å². The average Bonchev–Trinajstić information content (AvgIpc) is 2.11. The number of hydrogen-bond donors (Lipinski definition) is 0. The van der Waals surface area contributed by atoms with Crippen LogP contribution in [0.15, 0.2) is 11.3 Å². The molecule has 2 rings (SSSR count). The number of ketones is 1. The van der Waals surface area contributed by atoms with E-state index in [0.717, 1.165) is 17.8 Å². The van der Waals surface area contributed by atoms with E-state index < -0.39 is 6.29 Å². The zero-order valence-electron chi connectivity index (χ0n) is 11.4. The van der Waals surface area contributed by atoms with E-state index in [1.807, 2.05) is 6.92 Å². The van der Waals surface area contributed by atoms with Crippen molar-refractivity contribution >= 4 is 11.8 Å². The Bertz CT molecular complexity index is 420. The Morgan fingerprint density at radius 2 is 2.06 bits per heavy atom. The summed E-state index contributed by atoms with van der Waals surface area (Å²) in [5.74, 6) is 0.649. The van der Waals surface area contributed by atoms with E-state index in [1.54, 1.807) is 0 Å². The second-order valence-corrected chi connectivity index (χ2v) is 6.07. The summed E-state index contributed by atoms with van der Waals surface area (Å²) in [5.41, 5.74) is 0.728. The third-order valence-electron chi connectivity index (χ3n) is 3.49. The van der Waals surface area contributed by atoms with Crippen LogP contribution >= 0.6 is 0 Å². The summed E-state index contributed by atoms with van der Waals surface area (Å²) in [4.78, 5) is 23.1. The van der Waals surface area contributed by atoms with Crippen molar-refractivity contribution in [2.45, 2.75) is 53.2 Å². The lowest BCUT2D eigenvalue weighted by atomic mass is 9.73. The van der Waals surface area contributed by atoms with Gasteiger partial charge in [-0.2, -0.15) is 0 Å². The smallest absolute Gasteiger partial charge is 0.305 e. The molecule has 0 saturated carbocycles. The first kappa shape index (κ1) is 13.1. The van der Waals surface area contributed by atoms with Crippen LogP contribution in [0.2, 0.25) is 0 Å². The molecule has 0 spiro atoms. The van der Waals surface area contributed by atoms with Crippen LogP contribution < -0.4 is 0 Å². The summed E-state index contributed by atoms with van der Waals surface area (Å²) in [6.07, 6.45) is 1.32. The number of carbonyl (C=O) groups is 2. The molecule has 4 heteroatoms. The van der Waals surface area contributed by atoms with E-state index in [-0.39, 0.29) is 23.1 Å². The van der Waals surface area contributed by atoms with Gasteiger partial charge in [0, 0.05) is 31.8 Å². The van der Waals surface area contributed by atoms with E-state index in [2.05, 4.69) is 13.8 Å². The number of allylic oxidation sites excluding steroid dienone is 2. The highest BCUT2D eigenvalue weighted by molar-refractivity contribution is 5.97. The second-order valence-electron chi connectivity index (χ2n) is 6.07. The summed E-state index contributed by atoms with van der Waals surface area (Å²) in [6, 6.07) is 0. The molecule has 0 amide bonds. The minimum absolute atomic E-state index is 0.0756. The molecule has 2 atom stereocenters. The molecule has 0 radical (unpaired) electrons. The molecule has 1 aliphatic carbocycles. The fraction of sp³-hybridized carbons (Fsp3) is 0.714.